The Morgan fingerprint density at radius 3 is 1.75 bits per heavy atom. The summed E-state index contributed by atoms with van der Waals surface area (Å²) in [6.45, 7) is 2.08. The van der Waals surface area contributed by atoms with E-state index in [1.807, 2.05) is 18.2 Å². The van der Waals surface area contributed by atoms with Gasteiger partial charge in [-0.05, 0) is 6.92 Å². The lowest BCUT2D eigenvalue weighted by atomic mass is 10.2. The highest BCUT2D eigenvalue weighted by Gasteiger charge is 1.72. The number of aryl methyl sites for hydroxylation is 1. The molecule has 0 saturated carbocycles. The number of hydrogen-bond donors (Lipinski definition) is 0. The maximum atomic E-state index is 4.75. The van der Waals surface area contributed by atoms with E-state index in [2.05, 4.69) is 30.9 Å². The van der Waals surface area contributed by atoms with E-state index < -0.39 is 0 Å². The molecule has 0 heteroatoms. The van der Waals surface area contributed by atoms with Crippen LogP contribution in [0.3, 0.4) is 0 Å². The van der Waals surface area contributed by atoms with Crippen molar-refractivity contribution in [3.05, 3.63) is 35.9 Å². The van der Waals surface area contributed by atoms with Crippen LogP contribution in [0.5, 0.6) is 0 Å². The molecule has 12 heavy (non-hydrogen) atoms. The van der Waals surface area contributed by atoms with Gasteiger partial charge in [-0.25, -0.2) is 0 Å². The molecule has 1 rings (SSSR count). The summed E-state index contributed by atoms with van der Waals surface area (Å²) < 4.78 is 0. The second-order valence-electron chi connectivity index (χ2n) is 2.24. The van der Waals surface area contributed by atoms with Crippen molar-refractivity contribution in [1.29, 1.82) is 0 Å². The standard InChI is InChI=1S/C7H8.C5H4/c1-7-5-3-2-4-6-7;1-3-5-4-2/h2-6H,1H3;1-2H,5H2. The van der Waals surface area contributed by atoms with Crippen molar-refractivity contribution in [2.45, 2.75) is 13.3 Å². The fourth-order valence-corrected chi connectivity index (χ4v) is 0.593. The van der Waals surface area contributed by atoms with E-state index in [9.17, 15) is 0 Å². The molecular weight excluding hydrogens is 144 g/mol. The molecule has 0 unspecified atom stereocenters. The lowest BCUT2D eigenvalue weighted by Gasteiger charge is -1.82. The second kappa shape index (κ2) is 7.45. The normalized spacial score (nSPS) is 6.92. The summed E-state index contributed by atoms with van der Waals surface area (Å²) in [5.74, 6) is 4.56. The highest BCUT2D eigenvalue weighted by atomic mass is 13.8. The van der Waals surface area contributed by atoms with Gasteiger partial charge in [-0.2, -0.15) is 0 Å². The van der Waals surface area contributed by atoms with Crippen molar-refractivity contribution in [3.63, 3.8) is 0 Å². The van der Waals surface area contributed by atoms with Crippen molar-refractivity contribution < 1.29 is 0 Å². The van der Waals surface area contributed by atoms with Crippen LogP contribution in [0.4, 0.5) is 0 Å². The highest BCUT2D eigenvalue weighted by molar-refractivity contribution is 5.11. The van der Waals surface area contributed by atoms with Crippen LogP contribution >= 0.6 is 0 Å². The molecule has 0 nitrogen and oxygen atoms in total. The van der Waals surface area contributed by atoms with Gasteiger partial charge in [0.15, 0.2) is 0 Å². The smallest absolute Gasteiger partial charge is 0.0697 e. The summed E-state index contributed by atoms with van der Waals surface area (Å²) >= 11 is 0. The van der Waals surface area contributed by atoms with Crippen LogP contribution in [0.1, 0.15) is 12.0 Å². The van der Waals surface area contributed by atoms with Gasteiger partial charge < -0.3 is 0 Å². The van der Waals surface area contributed by atoms with Crippen LogP contribution in [0.25, 0.3) is 0 Å². The Morgan fingerprint density at radius 1 is 1.08 bits per heavy atom. The largest absolute Gasteiger partial charge is 0.119 e. The highest BCUT2D eigenvalue weighted by Crippen LogP contribution is 1.92. The zero-order valence-electron chi connectivity index (χ0n) is 7.25. The van der Waals surface area contributed by atoms with E-state index in [1.165, 1.54) is 5.56 Å². The van der Waals surface area contributed by atoms with Crippen LogP contribution in [-0.4, -0.2) is 0 Å². The van der Waals surface area contributed by atoms with E-state index in [0.717, 1.165) is 0 Å². The minimum absolute atomic E-state index is 0.444. The van der Waals surface area contributed by atoms with Crippen LogP contribution in [0, 0.1) is 31.6 Å². The average Bonchev–Trinajstić information content (AvgIpc) is 2.08. The van der Waals surface area contributed by atoms with Gasteiger partial charge in [-0.1, -0.05) is 47.7 Å². The number of hydrogen-bond acceptors (Lipinski definition) is 0. The lowest BCUT2D eigenvalue weighted by molar-refractivity contribution is 1.48. The van der Waals surface area contributed by atoms with Crippen LogP contribution < -0.4 is 0 Å². The van der Waals surface area contributed by atoms with Crippen LogP contribution in [-0.2, 0) is 0 Å². The Hall–Kier alpha value is -1.66. The van der Waals surface area contributed by atoms with Gasteiger partial charge in [0.2, 0.25) is 0 Å². The predicted octanol–water partition coefficient (Wildman–Crippen LogP) is 2.64. The first-order valence-corrected chi connectivity index (χ1v) is 3.70. The quantitative estimate of drug-likeness (QED) is 0.506. The van der Waals surface area contributed by atoms with Crippen molar-refractivity contribution in [2.24, 2.45) is 0 Å². The summed E-state index contributed by atoms with van der Waals surface area (Å²) in [4.78, 5) is 0. The van der Waals surface area contributed by atoms with Gasteiger partial charge in [-0.15, -0.1) is 12.8 Å². The van der Waals surface area contributed by atoms with Crippen molar-refractivity contribution in [3.8, 4) is 24.7 Å². The molecule has 0 spiro atoms. The molecule has 0 saturated heterocycles. The van der Waals surface area contributed by atoms with E-state index in [4.69, 9.17) is 12.8 Å². The predicted molar refractivity (Wildman–Crippen MR) is 53.5 cm³/mol. The van der Waals surface area contributed by atoms with Crippen molar-refractivity contribution >= 4 is 0 Å². The first-order valence-electron chi connectivity index (χ1n) is 3.70. The van der Waals surface area contributed by atoms with E-state index >= 15 is 0 Å². The molecule has 0 aliphatic carbocycles. The maximum absolute atomic E-state index is 4.75. The summed E-state index contributed by atoms with van der Waals surface area (Å²) in [5.41, 5.74) is 1.32. The third-order valence-corrected chi connectivity index (χ3v) is 1.14. The number of rotatable bonds is 0. The van der Waals surface area contributed by atoms with E-state index in [-0.39, 0.29) is 0 Å². The molecule has 0 aliphatic heterocycles. The summed E-state index contributed by atoms with van der Waals surface area (Å²) in [5, 5.41) is 0. The number of benzene rings is 1. The fourth-order valence-electron chi connectivity index (χ4n) is 0.593. The molecule has 0 radical (unpaired) electrons. The van der Waals surface area contributed by atoms with E-state index in [1.54, 1.807) is 0 Å². The third-order valence-electron chi connectivity index (χ3n) is 1.14. The Bertz CT molecular complexity index is 257. The SMILES string of the molecule is C#CCC#C.Cc1ccccc1. The van der Waals surface area contributed by atoms with E-state index in [0.29, 0.717) is 6.42 Å². The number of terminal acetylenes is 2. The minimum atomic E-state index is 0.444. The Morgan fingerprint density at radius 2 is 1.58 bits per heavy atom. The molecule has 0 fully saturated rings. The first kappa shape index (κ1) is 10.3. The summed E-state index contributed by atoms with van der Waals surface area (Å²) in [6.07, 6.45) is 9.94. The fraction of sp³-hybridized carbons (Fsp3) is 0.167. The van der Waals surface area contributed by atoms with Gasteiger partial charge in [0.25, 0.3) is 0 Å². The third kappa shape index (κ3) is 6.46. The average molecular weight is 156 g/mol. The molecule has 1 aromatic rings. The molecule has 0 heterocycles. The zero-order chi connectivity index (χ0) is 9.23. The molecule has 0 atom stereocenters. The van der Waals surface area contributed by atoms with Crippen molar-refractivity contribution in [2.75, 3.05) is 0 Å². The molecule has 1 aromatic carbocycles. The second-order valence-corrected chi connectivity index (χ2v) is 2.24. The Labute approximate surface area is 74.6 Å². The zero-order valence-corrected chi connectivity index (χ0v) is 7.25. The first-order chi connectivity index (χ1) is 5.81. The summed E-state index contributed by atoms with van der Waals surface area (Å²) in [7, 11) is 0. The molecular formula is C12H12. The van der Waals surface area contributed by atoms with Gasteiger partial charge in [0.05, 0.1) is 6.42 Å². The van der Waals surface area contributed by atoms with Gasteiger partial charge >= 0.3 is 0 Å². The van der Waals surface area contributed by atoms with Gasteiger partial charge in [0.1, 0.15) is 0 Å². The molecule has 0 N–H and O–H groups in total. The molecule has 0 aromatic heterocycles. The monoisotopic (exact) mass is 156 g/mol. The molecule has 0 amide bonds. The molecule has 0 aliphatic rings. The van der Waals surface area contributed by atoms with Gasteiger partial charge in [-0.3, -0.25) is 0 Å². The van der Waals surface area contributed by atoms with Crippen molar-refractivity contribution in [1.82, 2.24) is 0 Å². The Kier molecular flexibility index (Phi) is 6.42. The van der Waals surface area contributed by atoms with Gasteiger partial charge in [0, 0.05) is 0 Å². The van der Waals surface area contributed by atoms with Crippen LogP contribution in [0.2, 0.25) is 0 Å². The molecule has 0 bridgehead atoms. The lowest BCUT2D eigenvalue weighted by Crippen LogP contribution is -1.62. The van der Waals surface area contributed by atoms with Crippen LogP contribution in [0.15, 0.2) is 30.3 Å². The maximum Gasteiger partial charge on any atom is 0.0697 e. The topological polar surface area (TPSA) is 0 Å². The Balaban J connectivity index is 0.000000217. The summed E-state index contributed by atoms with van der Waals surface area (Å²) in [6, 6.07) is 10.3. The molecule has 60 valence electrons. The minimum Gasteiger partial charge on any atom is -0.119 e.